The minimum atomic E-state index is -0.282. The lowest BCUT2D eigenvalue weighted by Crippen LogP contribution is -2.33. The summed E-state index contributed by atoms with van der Waals surface area (Å²) in [4.78, 5) is 11.8. The van der Waals surface area contributed by atoms with E-state index in [-0.39, 0.29) is 11.4 Å². The van der Waals surface area contributed by atoms with Crippen LogP contribution in [0.5, 0.6) is 0 Å². The Morgan fingerprint density at radius 3 is 2.78 bits per heavy atom. The van der Waals surface area contributed by atoms with Gasteiger partial charge in [0, 0.05) is 17.6 Å². The van der Waals surface area contributed by atoms with E-state index in [9.17, 15) is 4.79 Å². The number of benzene rings is 1. The summed E-state index contributed by atoms with van der Waals surface area (Å²) in [6.45, 7) is 3.88. The number of amides is 1. The second-order valence-corrected chi connectivity index (χ2v) is 5.87. The summed E-state index contributed by atoms with van der Waals surface area (Å²) >= 11 is 0. The number of carbonyl (C=O) groups is 1. The molecule has 1 aromatic carbocycles. The molecule has 1 aliphatic rings. The average molecular weight is 246 g/mol. The topological polar surface area (TPSA) is 55.1 Å². The molecule has 0 aromatic heterocycles. The van der Waals surface area contributed by atoms with Gasteiger partial charge in [-0.2, -0.15) is 0 Å². The summed E-state index contributed by atoms with van der Waals surface area (Å²) in [7, 11) is 0. The lowest BCUT2D eigenvalue weighted by atomic mass is 10.00. The highest BCUT2D eigenvalue weighted by atomic mass is 16.1. The highest BCUT2D eigenvalue weighted by molar-refractivity contribution is 5.90. The van der Waals surface area contributed by atoms with Gasteiger partial charge < -0.3 is 11.1 Å². The van der Waals surface area contributed by atoms with Gasteiger partial charge in [-0.25, -0.2) is 0 Å². The molecule has 0 saturated heterocycles. The zero-order chi connectivity index (χ0) is 13.2. The van der Waals surface area contributed by atoms with Crippen LogP contribution < -0.4 is 11.1 Å². The molecule has 0 radical (unpaired) electrons. The molecule has 18 heavy (non-hydrogen) atoms. The fraction of sp³-hybridized carbons (Fsp3) is 0.533. The average Bonchev–Trinajstić information content (AvgIpc) is 2.72. The fourth-order valence-electron chi connectivity index (χ4n) is 2.31. The minimum absolute atomic E-state index is 0.0477. The molecule has 0 aliphatic heterocycles. The standard InChI is InChI=1S/C15H22N2O/c1-15(2,16)9-8-14(18)17-13-7-6-11-4-3-5-12(11)10-13/h6-7,10H,3-5,8-9,16H2,1-2H3,(H,17,18). The van der Waals surface area contributed by atoms with E-state index in [1.54, 1.807) is 0 Å². The van der Waals surface area contributed by atoms with Gasteiger partial charge in [-0.3, -0.25) is 4.79 Å². The molecule has 1 amide bonds. The van der Waals surface area contributed by atoms with Crippen LogP contribution in [-0.4, -0.2) is 11.4 Å². The third kappa shape index (κ3) is 3.57. The van der Waals surface area contributed by atoms with Crippen LogP contribution in [0, 0.1) is 0 Å². The van der Waals surface area contributed by atoms with Crippen molar-refractivity contribution in [2.45, 2.75) is 51.5 Å². The van der Waals surface area contributed by atoms with Crippen LogP contribution in [0.15, 0.2) is 18.2 Å². The summed E-state index contributed by atoms with van der Waals surface area (Å²) in [5.74, 6) is 0.0477. The smallest absolute Gasteiger partial charge is 0.224 e. The summed E-state index contributed by atoms with van der Waals surface area (Å²) in [5, 5.41) is 2.95. The molecule has 2 rings (SSSR count). The van der Waals surface area contributed by atoms with Crippen molar-refractivity contribution >= 4 is 11.6 Å². The number of hydrogen-bond acceptors (Lipinski definition) is 2. The molecule has 1 aliphatic carbocycles. The second-order valence-electron chi connectivity index (χ2n) is 5.87. The molecule has 3 nitrogen and oxygen atoms in total. The van der Waals surface area contributed by atoms with Crippen molar-refractivity contribution in [1.82, 2.24) is 0 Å². The molecule has 0 fully saturated rings. The first-order valence-corrected chi connectivity index (χ1v) is 6.65. The molecular formula is C15H22N2O. The van der Waals surface area contributed by atoms with Gasteiger partial charge in [-0.05, 0) is 62.8 Å². The van der Waals surface area contributed by atoms with Gasteiger partial charge in [0.25, 0.3) is 0 Å². The summed E-state index contributed by atoms with van der Waals surface area (Å²) in [5.41, 5.74) is 9.31. The number of aryl methyl sites for hydroxylation is 2. The molecule has 1 aromatic rings. The number of nitrogens with one attached hydrogen (secondary N) is 1. The Labute approximate surface area is 109 Å². The van der Waals surface area contributed by atoms with Crippen LogP contribution in [-0.2, 0) is 17.6 Å². The number of hydrogen-bond donors (Lipinski definition) is 2. The SMILES string of the molecule is CC(C)(N)CCC(=O)Nc1ccc2c(c1)CCC2. The first kappa shape index (κ1) is 13.1. The van der Waals surface area contributed by atoms with Crippen LogP contribution in [0.4, 0.5) is 5.69 Å². The minimum Gasteiger partial charge on any atom is -0.326 e. The van der Waals surface area contributed by atoms with Gasteiger partial charge in [0.2, 0.25) is 5.91 Å². The molecule has 3 N–H and O–H groups in total. The van der Waals surface area contributed by atoms with Crippen molar-refractivity contribution in [2.75, 3.05) is 5.32 Å². The van der Waals surface area contributed by atoms with E-state index in [2.05, 4.69) is 17.4 Å². The van der Waals surface area contributed by atoms with E-state index >= 15 is 0 Å². The van der Waals surface area contributed by atoms with E-state index < -0.39 is 0 Å². The fourth-order valence-corrected chi connectivity index (χ4v) is 2.31. The van der Waals surface area contributed by atoms with E-state index in [1.165, 1.54) is 24.0 Å². The van der Waals surface area contributed by atoms with Crippen molar-refractivity contribution in [3.63, 3.8) is 0 Å². The van der Waals surface area contributed by atoms with Crippen LogP contribution in [0.25, 0.3) is 0 Å². The van der Waals surface area contributed by atoms with Gasteiger partial charge in [0.05, 0.1) is 0 Å². The molecule has 0 saturated carbocycles. The number of carbonyl (C=O) groups excluding carboxylic acids is 1. The highest BCUT2D eigenvalue weighted by Gasteiger charge is 2.14. The number of nitrogens with two attached hydrogens (primary N) is 1. The van der Waals surface area contributed by atoms with Crippen LogP contribution in [0.1, 0.15) is 44.2 Å². The number of fused-ring (bicyclic) bond motifs is 1. The zero-order valence-corrected chi connectivity index (χ0v) is 11.3. The Bertz CT molecular complexity index is 446. The number of anilines is 1. The predicted molar refractivity (Wildman–Crippen MR) is 74.6 cm³/mol. The van der Waals surface area contributed by atoms with E-state index in [1.807, 2.05) is 19.9 Å². The maximum Gasteiger partial charge on any atom is 0.224 e. The monoisotopic (exact) mass is 246 g/mol. The Balaban J connectivity index is 1.91. The van der Waals surface area contributed by atoms with Gasteiger partial charge in [-0.1, -0.05) is 6.07 Å². The van der Waals surface area contributed by atoms with Crippen molar-refractivity contribution in [3.8, 4) is 0 Å². The highest BCUT2D eigenvalue weighted by Crippen LogP contribution is 2.25. The molecule has 0 atom stereocenters. The maximum absolute atomic E-state index is 11.8. The molecule has 0 spiro atoms. The molecule has 0 bridgehead atoms. The van der Waals surface area contributed by atoms with Gasteiger partial charge in [-0.15, -0.1) is 0 Å². The van der Waals surface area contributed by atoms with Gasteiger partial charge in [0.1, 0.15) is 0 Å². The third-order valence-corrected chi connectivity index (χ3v) is 3.38. The Hall–Kier alpha value is -1.35. The van der Waals surface area contributed by atoms with E-state index in [0.29, 0.717) is 12.8 Å². The second kappa shape index (κ2) is 5.11. The van der Waals surface area contributed by atoms with Crippen LogP contribution in [0.3, 0.4) is 0 Å². The molecule has 0 unspecified atom stereocenters. The molecule has 98 valence electrons. The summed E-state index contributed by atoms with van der Waals surface area (Å²) in [6, 6.07) is 6.23. The van der Waals surface area contributed by atoms with E-state index in [4.69, 9.17) is 5.73 Å². The summed E-state index contributed by atoms with van der Waals surface area (Å²) in [6.07, 6.45) is 4.71. The van der Waals surface area contributed by atoms with Crippen LogP contribution >= 0.6 is 0 Å². The van der Waals surface area contributed by atoms with Crippen molar-refractivity contribution in [1.29, 1.82) is 0 Å². The number of rotatable bonds is 4. The van der Waals surface area contributed by atoms with Crippen molar-refractivity contribution in [2.24, 2.45) is 5.73 Å². The van der Waals surface area contributed by atoms with Crippen molar-refractivity contribution in [3.05, 3.63) is 29.3 Å². The Morgan fingerprint density at radius 2 is 2.06 bits per heavy atom. The molecular weight excluding hydrogens is 224 g/mol. The lowest BCUT2D eigenvalue weighted by molar-refractivity contribution is -0.116. The van der Waals surface area contributed by atoms with Crippen LogP contribution in [0.2, 0.25) is 0 Å². The zero-order valence-electron chi connectivity index (χ0n) is 11.3. The molecule has 3 heteroatoms. The normalized spacial score (nSPS) is 14.4. The first-order valence-electron chi connectivity index (χ1n) is 6.65. The van der Waals surface area contributed by atoms with Gasteiger partial charge in [0.15, 0.2) is 0 Å². The molecule has 0 heterocycles. The maximum atomic E-state index is 11.8. The Morgan fingerprint density at radius 1 is 1.33 bits per heavy atom. The lowest BCUT2D eigenvalue weighted by Gasteiger charge is -2.17. The quantitative estimate of drug-likeness (QED) is 0.858. The summed E-state index contributed by atoms with van der Waals surface area (Å²) < 4.78 is 0. The first-order chi connectivity index (χ1) is 8.44. The van der Waals surface area contributed by atoms with Gasteiger partial charge >= 0.3 is 0 Å². The van der Waals surface area contributed by atoms with Crippen molar-refractivity contribution < 1.29 is 4.79 Å². The largest absolute Gasteiger partial charge is 0.326 e. The van der Waals surface area contributed by atoms with E-state index in [0.717, 1.165) is 12.1 Å². The predicted octanol–water partition coefficient (Wildman–Crippen LogP) is 2.63. The Kier molecular flexibility index (Phi) is 3.71. The third-order valence-electron chi connectivity index (χ3n) is 3.38.